The SMILES string of the molecule is CCCC(C)CN1C(=O)CNC(=O)C1C(C)CC. The van der Waals surface area contributed by atoms with Gasteiger partial charge in [0, 0.05) is 6.54 Å². The molecule has 1 saturated heterocycles. The van der Waals surface area contributed by atoms with Crippen LogP contribution in [0.1, 0.15) is 47.0 Å². The molecule has 1 aliphatic rings. The zero-order chi connectivity index (χ0) is 13.7. The number of carbonyl (C=O) groups is 2. The summed E-state index contributed by atoms with van der Waals surface area (Å²) < 4.78 is 0. The van der Waals surface area contributed by atoms with E-state index in [4.69, 9.17) is 0 Å². The first-order valence-electron chi connectivity index (χ1n) is 7.08. The lowest BCUT2D eigenvalue weighted by atomic mass is 9.93. The quantitative estimate of drug-likeness (QED) is 0.785. The largest absolute Gasteiger partial charge is 0.345 e. The van der Waals surface area contributed by atoms with E-state index in [0.29, 0.717) is 12.5 Å². The maximum atomic E-state index is 12.0. The number of rotatable bonds is 6. The van der Waals surface area contributed by atoms with Crippen LogP contribution in [0, 0.1) is 11.8 Å². The van der Waals surface area contributed by atoms with Gasteiger partial charge in [-0.2, -0.15) is 0 Å². The van der Waals surface area contributed by atoms with Gasteiger partial charge in [0.05, 0.1) is 6.54 Å². The molecule has 104 valence electrons. The molecule has 0 saturated carbocycles. The third-order valence-electron chi connectivity index (χ3n) is 3.81. The molecule has 0 aliphatic carbocycles. The van der Waals surface area contributed by atoms with E-state index in [1.807, 2.05) is 6.92 Å². The van der Waals surface area contributed by atoms with Gasteiger partial charge in [0.1, 0.15) is 6.04 Å². The van der Waals surface area contributed by atoms with E-state index >= 15 is 0 Å². The highest BCUT2D eigenvalue weighted by molar-refractivity contribution is 5.95. The normalized spacial score (nSPS) is 23.8. The van der Waals surface area contributed by atoms with Crippen LogP contribution in [-0.2, 0) is 9.59 Å². The summed E-state index contributed by atoms with van der Waals surface area (Å²) in [5.74, 6) is 0.731. The third kappa shape index (κ3) is 3.47. The number of hydrogen-bond donors (Lipinski definition) is 1. The molecule has 4 nitrogen and oxygen atoms in total. The number of piperazine rings is 1. The second-order valence-corrected chi connectivity index (χ2v) is 5.49. The Bertz CT molecular complexity index is 304. The van der Waals surface area contributed by atoms with Crippen molar-refractivity contribution >= 4 is 11.8 Å². The van der Waals surface area contributed by atoms with Crippen LogP contribution >= 0.6 is 0 Å². The first-order chi connectivity index (χ1) is 8.51. The highest BCUT2D eigenvalue weighted by Gasteiger charge is 2.37. The molecule has 0 radical (unpaired) electrons. The van der Waals surface area contributed by atoms with E-state index in [1.165, 1.54) is 0 Å². The monoisotopic (exact) mass is 254 g/mol. The Morgan fingerprint density at radius 1 is 1.33 bits per heavy atom. The molecule has 1 heterocycles. The molecule has 4 heteroatoms. The van der Waals surface area contributed by atoms with Gasteiger partial charge in [0.2, 0.25) is 11.8 Å². The van der Waals surface area contributed by atoms with E-state index in [0.717, 1.165) is 19.3 Å². The van der Waals surface area contributed by atoms with E-state index in [1.54, 1.807) is 4.90 Å². The van der Waals surface area contributed by atoms with Crippen molar-refractivity contribution in [2.75, 3.05) is 13.1 Å². The molecule has 3 unspecified atom stereocenters. The Labute approximate surface area is 110 Å². The molecule has 0 spiro atoms. The van der Waals surface area contributed by atoms with Gasteiger partial charge in [-0.1, -0.05) is 40.5 Å². The van der Waals surface area contributed by atoms with E-state index in [-0.39, 0.29) is 30.3 Å². The molecule has 0 aromatic heterocycles. The van der Waals surface area contributed by atoms with Crippen LogP contribution in [0.15, 0.2) is 0 Å². The lowest BCUT2D eigenvalue weighted by Crippen LogP contribution is -2.61. The molecule has 0 aromatic carbocycles. The molecule has 1 fully saturated rings. The summed E-state index contributed by atoms with van der Waals surface area (Å²) in [5.41, 5.74) is 0. The summed E-state index contributed by atoms with van der Waals surface area (Å²) >= 11 is 0. The van der Waals surface area contributed by atoms with Crippen molar-refractivity contribution < 1.29 is 9.59 Å². The van der Waals surface area contributed by atoms with Crippen molar-refractivity contribution in [1.82, 2.24) is 10.2 Å². The minimum atomic E-state index is -0.282. The van der Waals surface area contributed by atoms with Crippen LogP contribution in [0.2, 0.25) is 0 Å². The van der Waals surface area contributed by atoms with Crippen LogP contribution in [0.5, 0.6) is 0 Å². The number of hydrogen-bond acceptors (Lipinski definition) is 2. The van der Waals surface area contributed by atoms with Crippen molar-refractivity contribution in [2.24, 2.45) is 11.8 Å². The van der Waals surface area contributed by atoms with Gasteiger partial charge >= 0.3 is 0 Å². The highest BCUT2D eigenvalue weighted by atomic mass is 16.2. The van der Waals surface area contributed by atoms with Gasteiger partial charge in [0.15, 0.2) is 0 Å². The number of amides is 2. The zero-order valence-electron chi connectivity index (χ0n) is 12.0. The lowest BCUT2D eigenvalue weighted by Gasteiger charge is -2.39. The van der Waals surface area contributed by atoms with Crippen molar-refractivity contribution in [3.63, 3.8) is 0 Å². The summed E-state index contributed by atoms with van der Waals surface area (Å²) in [6.07, 6.45) is 3.12. The predicted molar refractivity (Wildman–Crippen MR) is 72.0 cm³/mol. The van der Waals surface area contributed by atoms with Gasteiger partial charge in [-0.15, -0.1) is 0 Å². The standard InChI is InChI=1S/C14H26N2O2/c1-5-7-10(3)9-16-12(17)8-15-14(18)13(16)11(4)6-2/h10-11,13H,5-9H2,1-4H3,(H,15,18). The molecule has 1 rings (SSSR count). The van der Waals surface area contributed by atoms with Crippen molar-refractivity contribution in [1.29, 1.82) is 0 Å². The average molecular weight is 254 g/mol. The van der Waals surface area contributed by atoms with Gasteiger partial charge in [0.25, 0.3) is 0 Å². The smallest absolute Gasteiger partial charge is 0.243 e. The fraction of sp³-hybridized carbons (Fsp3) is 0.857. The summed E-state index contributed by atoms with van der Waals surface area (Å²) in [7, 11) is 0. The number of nitrogens with one attached hydrogen (secondary N) is 1. The Balaban J connectivity index is 2.79. The van der Waals surface area contributed by atoms with Gasteiger partial charge in [-0.05, 0) is 18.3 Å². The zero-order valence-corrected chi connectivity index (χ0v) is 12.0. The highest BCUT2D eigenvalue weighted by Crippen LogP contribution is 2.20. The first-order valence-corrected chi connectivity index (χ1v) is 7.08. The number of carbonyl (C=O) groups excluding carboxylic acids is 2. The maximum Gasteiger partial charge on any atom is 0.243 e. The first kappa shape index (κ1) is 15.0. The van der Waals surface area contributed by atoms with Gasteiger partial charge in [-0.25, -0.2) is 0 Å². The van der Waals surface area contributed by atoms with Gasteiger partial charge < -0.3 is 10.2 Å². The van der Waals surface area contributed by atoms with Crippen molar-refractivity contribution in [3.8, 4) is 0 Å². The van der Waals surface area contributed by atoms with E-state index in [2.05, 4.69) is 26.1 Å². The fourth-order valence-corrected chi connectivity index (χ4v) is 2.59. The Hall–Kier alpha value is -1.06. The number of nitrogens with zero attached hydrogens (tertiary/aromatic N) is 1. The van der Waals surface area contributed by atoms with Crippen LogP contribution in [-0.4, -0.2) is 35.8 Å². The molecule has 3 atom stereocenters. The van der Waals surface area contributed by atoms with Crippen molar-refractivity contribution in [2.45, 2.75) is 53.0 Å². The molecule has 2 amide bonds. The predicted octanol–water partition coefficient (Wildman–Crippen LogP) is 1.80. The summed E-state index contributed by atoms with van der Waals surface area (Å²) in [6.45, 7) is 9.26. The molecule has 1 N–H and O–H groups in total. The molecule has 0 bridgehead atoms. The van der Waals surface area contributed by atoms with Crippen LogP contribution in [0.25, 0.3) is 0 Å². The molecule has 0 aromatic rings. The Morgan fingerprint density at radius 2 is 2.00 bits per heavy atom. The lowest BCUT2D eigenvalue weighted by molar-refractivity contribution is -0.148. The average Bonchev–Trinajstić information content (AvgIpc) is 2.33. The third-order valence-corrected chi connectivity index (χ3v) is 3.81. The topological polar surface area (TPSA) is 49.4 Å². The Morgan fingerprint density at radius 3 is 2.56 bits per heavy atom. The second-order valence-electron chi connectivity index (χ2n) is 5.49. The molecular formula is C14H26N2O2. The minimum absolute atomic E-state index is 0.00708. The summed E-state index contributed by atoms with van der Waals surface area (Å²) in [6, 6.07) is -0.282. The van der Waals surface area contributed by atoms with E-state index in [9.17, 15) is 9.59 Å². The maximum absolute atomic E-state index is 12.0. The summed E-state index contributed by atoms with van der Waals surface area (Å²) in [4.78, 5) is 25.8. The molecular weight excluding hydrogens is 228 g/mol. The summed E-state index contributed by atoms with van der Waals surface area (Å²) in [5, 5.41) is 2.70. The second kappa shape index (κ2) is 6.76. The van der Waals surface area contributed by atoms with Crippen molar-refractivity contribution in [3.05, 3.63) is 0 Å². The Kier molecular flexibility index (Phi) is 5.63. The minimum Gasteiger partial charge on any atom is -0.345 e. The fourth-order valence-electron chi connectivity index (χ4n) is 2.59. The molecule has 1 aliphatic heterocycles. The van der Waals surface area contributed by atoms with Crippen LogP contribution in [0.4, 0.5) is 0 Å². The van der Waals surface area contributed by atoms with Crippen LogP contribution < -0.4 is 5.32 Å². The van der Waals surface area contributed by atoms with E-state index < -0.39 is 0 Å². The van der Waals surface area contributed by atoms with Crippen LogP contribution in [0.3, 0.4) is 0 Å². The molecule has 18 heavy (non-hydrogen) atoms. The van der Waals surface area contributed by atoms with Gasteiger partial charge in [-0.3, -0.25) is 9.59 Å².